The normalized spacial score (nSPS) is 14.7. The standard InChI is InChI=1S/C21H32N2O4/c1-18-6-8-19(9-7-18)4-3-5-20(24)23(11-10-21(25)26-2)13-12-22-14-16-27-17-15-22/h6-9H,3-5,10-17H2,1-2H3. The third kappa shape index (κ3) is 8.10. The van der Waals surface area contributed by atoms with E-state index in [1.165, 1.54) is 18.2 Å². The van der Waals surface area contributed by atoms with Crippen molar-refractivity contribution in [1.82, 2.24) is 9.80 Å². The number of hydrogen-bond acceptors (Lipinski definition) is 5. The summed E-state index contributed by atoms with van der Waals surface area (Å²) in [5, 5.41) is 0. The van der Waals surface area contributed by atoms with Gasteiger partial charge in [0.25, 0.3) is 0 Å². The number of carbonyl (C=O) groups excluding carboxylic acids is 2. The van der Waals surface area contributed by atoms with Gasteiger partial charge < -0.3 is 14.4 Å². The van der Waals surface area contributed by atoms with Crippen LogP contribution >= 0.6 is 0 Å². The first-order valence-corrected chi connectivity index (χ1v) is 9.78. The van der Waals surface area contributed by atoms with Crippen LogP contribution in [-0.4, -0.2) is 74.7 Å². The number of morpholine rings is 1. The Hall–Kier alpha value is -1.92. The molecule has 1 fully saturated rings. The largest absolute Gasteiger partial charge is 0.469 e. The second kappa shape index (κ2) is 11.7. The first-order valence-electron chi connectivity index (χ1n) is 9.78. The van der Waals surface area contributed by atoms with Crippen molar-refractivity contribution < 1.29 is 19.1 Å². The summed E-state index contributed by atoms with van der Waals surface area (Å²) in [5.74, 6) is -0.168. The number of benzene rings is 1. The highest BCUT2D eigenvalue weighted by Gasteiger charge is 2.17. The number of aryl methyl sites for hydroxylation is 2. The number of carbonyl (C=O) groups is 2. The molecule has 0 unspecified atom stereocenters. The molecule has 2 rings (SSSR count). The lowest BCUT2D eigenvalue weighted by atomic mass is 10.1. The Bertz CT molecular complexity index is 582. The quantitative estimate of drug-likeness (QED) is 0.585. The van der Waals surface area contributed by atoms with Gasteiger partial charge in [0.15, 0.2) is 0 Å². The second-order valence-corrected chi connectivity index (χ2v) is 7.00. The fraction of sp³-hybridized carbons (Fsp3) is 0.619. The first kappa shape index (κ1) is 21.4. The highest BCUT2D eigenvalue weighted by Crippen LogP contribution is 2.09. The van der Waals surface area contributed by atoms with Gasteiger partial charge in [-0.2, -0.15) is 0 Å². The number of esters is 1. The summed E-state index contributed by atoms with van der Waals surface area (Å²) in [7, 11) is 1.38. The molecule has 0 radical (unpaired) electrons. The van der Waals surface area contributed by atoms with Crippen molar-refractivity contribution >= 4 is 11.9 Å². The summed E-state index contributed by atoms with van der Waals surface area (Å²) in [6, 6.07) is 8.44. The molecule has 1 heterocycles. The lowest BCUT2D eigenvalue weighted by Gasteiger charge is -2.30. The van der Waals surface area contributed by atoms with E-state index in [2.05, 4.69) is 36.1 Å². The third-order valence-corrected chi connectivity index (χ3v) is 4.93. The molecule has 150 valence electrons. The average Bonchev–Trinajstić information content (AvgIpc) is 2.70. The second-order valence-electron chi connectivity index (χ2n) is 7.00. The molecule has 1 aromatic rings. The van der Waals surface area contributed by atoms with Gasteiger partial charge in [-0.3, -0.25) is 14.5 Å². The van der Waals surface area contributed by atoms with E-state index in [0.29, 0.717) is 19.5 Å². The lowest BCUT2D eigenvalue weighted by molar-refractivity contribution is -0.141. The summed E-state index contributed by atoms with van der Waals surface area (Å²) >= 11 is 0. The minimum absolute atomic E-state index is 0.110. The van der Waals surface area contributed by atoms with Crippen molar-refractivity contribution in [3.63, 3.8) is 0 Å². The van der Waals surface area contributed by atoms with Crippen LogP contribution in [-0.2, 0) is 25.5 Å². The van der Waals surface area contributed by atoms with E-state index in [-0.39, 0.29) is 18.3 Å². The third-order valence-electron chi connectivity index (χ3n) is 4.93. The molecule has 0 bridgehead atoms. The molecule has 0 atom stereocenters. The maximum absolute atomic E-state index is 12.7. The maximum atomic E-state index is 12.7. The van der Waals surface area contributed by atoms with E-state index in [9.17, 15) is 9.59 Å². The van der Waals surface area contributed by atoms with Crippen molar-refractivity contribution in [2.24, 2.45) is 0 Å². The minimum atomic E-state index is -0.279. The van der Waals surface area contributed by atoms with Crippen LogP contribution in [0.3, 0.4) is 0 Å². The van der Waals surface area contributed by atoms with Crippen LogP contribution in [0.15, 0.2) is 24.3 Å². The van der Waals surface area contributed by atoms with Gasteiger partial charge in [-0.1, -0.05) is 29.8 Å². The van der Waals surface area contributed by atoms with Crippen LogP contribution in [0.1, 0.15) is 30.4 Å². The summed E-state index contributed by atoms with van der Waals surface area (Å²) in [4.78, 5) is 28.3. The summed E-state index contributed by atoms with van der Waals surface area (Å²) in [6.07, 6.45) is 2.44. The highest BCUT2D eigenvalue weighted by molar-refractivity contribution is 5.77. The van der Waals surface area contributed by atoms with E-state index in [1.807, 2.05) is 4.90 Å². The van der Waals surface area contributed by atoms with Gasteiger partial charge in [-0.15, -0.1) is 0 Å². The Labute approximate surface area is 162 Å². The van der Waals surface area contributed by atoms with Gasteiger partial charge in [0.1, 0.15) is 0 Å². The molecule has 6 heteroatoms. The lowest BCUT2D eigenvalue weighted by Crippen LogP contribution is -2.43. The Morgan fingerprint density at radius 2 is 1.81 bits per heavy atom. The zero-order valence-corrected chi connectivity index (χ0v) is 16.6. The minimum Gasteiger partial charge on any atom is -0.469 e. The Morgan fingerprint density at radius 3 is 2.48 bits per heavy atom. The molecule has 27 heavy (non-hydrogen) atoms. The molecular weight excluding hydrogens is 344 g/mol. The fourth-order valence-corrected chi connectivity index (χ4v) is 3.13. The Kier molecular flexibility index (Phi) is 9.28. The predicted molar refractivity (Wildman–Crippen MR) is 105 cm³/mol. The zero-order chi connectivity index (χ0) is 19.5. The molecule has 0 N–H and O–H groups in total. The molecule has 6 nitrogen and oxygen atoms in total. The fourth-order valence-electron chi connectivity index (χ4n) is 3.13. The monoisotopic (exact) mass is 376 g/mol. The molecule has 0 aromatic heterocycles. The smallest absolute Gasteiger partial charge is 0.307 e. The summed E-state index contributed by atoms with van der Waals surface area (Å²) < 4.78 is 10.1. The highest BCUT2D eigenvalue weighted by atomic mass is 16.5. The van der Waals surface area contributed by atoms with Gasteiger partial charge >= 0.3 is 5.97 Å². The van der Waals surface area contributed by atoms with Crippen LogP contribution in [0.25, 0.3) is 0 Å². The zero-order valence-electron chi connectivity index (χ0n) is 16.6. The SMILES string of the molecule is COC(=O)CCN(CCN1CCOCC1)C(=O)CCCc1ccc(C)cc1. The molecular formula is C21H32N2O4. The average molecular weight is 376 g/mol. The van der Waals surface area contributed by atoms with Crippen molar-refractivity contribution in [3.05, 3.63) is 35.4 Å². The van der Waals surface area contributed by atoms with E-state index >= 15 is 0 Å². The van der Waals surface area contributed by atoms with Gasteiger partial charge in [0.2, 0.25) is 5.91 Å². The molecule has 1 saturated heterocycles. The number of amides is 1. The molecule has 1 aliphatic rings. The van der Waals surface area contributed by atoms with Crippen LogP contribution in [0.2, 0.25) is 0 Å². The van der Waals surface area contributed by atoms with E-state index < -0.39 is 0 Å². The van der Waals surface area contributed by atoms with E-state index in [1.54, 1.807) is 0 Å². The summed E-state index contributed by atoms with van der Waals surface area (Å²) in [6.45, 7) is 7.22. The number of hydrogen-bond donors (Lipinski definition) is 0. The number of nitrogens with zero attached hydrogens (tertiary/aromatic N) is 2. The Balaban J connectivity index is 1.80. The molecule has 0 aliphatic carbocycles. The van der Waals surface area contributed by atoms with Gasteiger partial charge in [-0.25, -0.2) is 0 Å². The van der Waals surface area contributed by atoms with Gasteiger partial charge in [-0.05, 0) is 25.3 Å². The molecule has 1 aromatic carbocycles. The van der Waals surface area contributed by atoms with Gasteiger partial charge in [0, 0.05) is 39.1 Å². The van der Waals surface area contributed by atoms with Gasteiger partial charge in [0.05, 0.1) is 26.7 Å². The van der Waals surface area contributed by atoms with Crippen LogP contribution in [0, 0.1) is 6.92 Å². The summed E-state index contributed by atoms with van der Waals surface area (Å²) in [5.41, 5.74) is 2.50. The van der Waals surface area contributed by atoms with Crippen molar-refractivity contribution in [2.75, 3.05) is 53.0 Å². The number of methoxy groups -OCH3 is 1. The van der Waals surface area contributed by atoms with E-state index in [4.69, 9.17) is 9.47 Å². The van der Waals surface area contributed by atoms with Crippen molar-refractivity contribution in [3.8, 4) is 0 Å². The molecule has 0 spiro atoms. The van der Waals surface area contributed by atoms with Crippen LogP contribution in [0.4, 0.5) is 0 Å². The topological polar surface area (TPSA) is 59.1 Å². The van der Waals surface area contributed by atoms with Crippen LogP contribution < -0.4 is 0 Å². The van der Waals surface area contributed by atoms with Crippen molar-refractivity contribution in [2.45, 2.75) is 32.6 Å². The predicted octanol–water partition coefficient (Wildman–Crippen LogP) is 2.04. The van der Waals surface area contributed by atoms with E-state index in [0.717, 1.165) is 45.7 Å². The van der Waals surface area contributed by atoms with Crippen LogP contribution in [0.5, 0.6) is 0 Å². The molecule has 1 amide bonds. The molecule has 0 saturated carbocycles. The maximum Gasteiger partial charge on any atom is 0.307 e. The Morgan fingerprint density at radius 1 is 1.11 bits per heavy atom. The molecule has 1 aliphatic heterocycles. The number of ether oxygens (including phenoxy) is 2. The first-order chi connectivity index (χ1) is 13.1. The van der Waals surface area contributed by atoms with Crippen molar-refractivity contribution in [1.29, 1.82) is 0 Å². The number of rotatable bonds is 10.